The number of piperidine rings is 1. The molecule has 0 spiro atoms. The Kier molecular flexibility index (Phi) is 4.97. The molecule has 1 heterocycles. The largest absolute Gasteiger partial charge is 0.387 e. The van der Waals surface area contributed by atoms with E-state index in [1.54, 1.807) is 7.11 Å². The molecule has 1 aromatic rings. The van der Waals surface area contributed by atoms with Crippen molar-refractivity contribution < 1.29 is 9.84 Å². The van der Waals surface area contributed by atoms with Crippen LogP contribution in [0.3, 0.4) is 0 Å². The Balaban J connectivity index is 1.92. The van der Waals surface area contributed by atoms with Gasteiger partial charge < -0.3 is 9.84 Å². The summed E-state index contributed by atoms with van der Waals surface area (Å²) in [6.45, 7) is 6.95. The first-order valence-electron chi connectivity index (χ1n) is 7.10. The number of aliphatic hydroxyl groups excluding tert-OH is 1. The molecule has 1 aromatic carbocycles. The van der Waals surface area contributed by atoms with Crippen LogP contribution in [0.1, 0.15) is 30.6 Å². The fourth-order valence-electron chi connectivity index (χ4n) is 2.71. The van der Waals surface area contributed by atoms with E-state index in [9.17, 15) is 5.11 Å². The van der Waals surface area contributed by atoms with Crippen molar-refractivity contribution in [3.63, 3.8) is 0 Å². The Hall–Kier alpha value is -0.900. The minimum atomic E-state index is -0.411. The fourth-order valence-corrected chi connectivity index (χ4v) is 2.71. The zero-order valence-corrected chi connectivity index (χ0v) is 12.2. The van der Waals surface area contributed by atoms with E-state index >= 15 is 0 Å². The predicted octanol–water partition coefficient (Wildman–Crippen LogP) is 2.39. The van der Waals surface area contributed by atoms with E-state index in [-0.39, 0.29) is 0 Å². The topological polar surface area (TPSA) is 32.7 Å². The fraction of sp³-hybridized carbons (Fsp3) is 0.625. The van der Waals surface area contributed by atoms with Gasteiger partial charge in [-0.25, -0.2) is 0 Å². The Labute approximate surface area is 116 Å². The molecule has 19 heavy (non-hydrogen) atoms. The SMILES string of the molecule is COC1CN(CC(O)c2ccc(C)cc2)CCC1C. The number of β-amino-alcohol motifs (C(OH)–C–C–N with tert-alkyl or cyclic N) is 1. The lowest BCUT2D eigenvalue weighted by molar-refractivity contribution is -0.0180. The normalized spacial score (nSPS) is 26.3. The molecule has 3 nitrogen and oxygen atoms in total. The van der Waals surface area contributed by atoms with Crippen LogP contribution >= 0.6 is 0 Å². The third-order valence-electron chi connectivity index (χ3n) is 4.17. The van der Waals surface area contributed by atoms with Crippen molar-refractivity contribution in [1.82, 2.24) is 4.90 Å². The zero-order valence-electron chi connectivity index (χ0n) is 12.2. The molecule has 1 aliphatic rings. The van der Waals surface area contributed by atoms with Crippen LogP contribution < -0.4 is 0 Å². The summed E-state index contributed by atoms with van der Waals surface area (Å²) in [7, 11) is 1.78. The van der Waals surface area contributed by atoms with Gasteiger partial charge in [0.25, 0.3) is 0 Å². The van der Waals surface area contributed by atoms with Crippen LogP contribution in [0.4, 0.5) is 0 Å². The summed E-state index contributed by atoms with van der Waals surface area (Å²) in [5.41, 5.74) is 2.22. The Morgan fingerprint density at radius 3 is 2.68 bits per heavy atom. The number of hydrogen-bond acceptors (Lipinski definition) is 3. The summed E-state index contributed by atoms with van der Waals surface area (Å²) in [5, 5.41) is 10.3. The molecule has 0 bridgehead atoms. The maximum Gasteiger partial charge on any atom is 0.0916 e. The van der Waals surface area contributed by atoms with E-state index in [0.29, 0.717) is 18.6 Å². The number of rotatable bonds is 4. The van der Waals surface area contributed by atoms with Gasteiger partial charge in [0.15, 0.2) is 0 Å². The number of nitrogens with zero attached hydrogens (tertiary/aromatic N) is 1. The molecular weight excluding hydrogens is 238 g/mol. The van der Waals surface area contributed by atoms with Crippen molar-refractivity contribution in [3.05, 3.63) is 35.4 Å². The molecule has 3 atom stereocenters. The number of aryl methyl sites for hydroxylation is 1. The second kappa shape index (κ2) is 6.51. The lowest BCUT2D eigenvalue weighted by Gasteiger charge is -2.37. The van der Waals surface area contributed by atoms with E-state index in [1.165, 1.54) is 5.56 Å². The number of hydrogen-bond donors (Lipinski definition) is 1. The van der Waals surface area contributed by atoms with Crippen molar-refractivity contribution >= 4 is 0 Å². The van der Waals surface area contributed by atoms with Gasteiger partial charge in [-0.15, -0.1) is 0 Å². The van der Waals surface area contributed by atoms with Crippen molar-refractivity contribution in [2.24, 2.45) is 5.92 Å². The van der Waals surface area contributed by atoms with Crippen LogP contribution in [-0.4, -0.2) is 42.9 Å². The van der Waals surface area contributed by atoms with E-state index in [0.717, 1.165) is 25.1 Å². The monoisotopic (exact) mass is 263 g/mol. The standard InChI is InChI=1S/C16H25NO2/c1-12-4-6-14(7-5-12)15(18)10-17-9-8-13(2)16(11-17)19-3/h4-7,13,15-16,18H,8-11H2,1-3H3. The smallest absolute Gasteiger partial charge is 0.0916 e. The Morgan fingerprint density at radius 2 is 2.05 bits per heavy atom. The first kappa shape index (κ1) is 14.5. The zero-order chi connectivity index (χ0) is 13.8. The molecular formula is C16H25NO2. The van der Waals surface area contributed by atoms with Crippen LogP contribution in [0.2, 0.25) is 0 Å². The summed E-state index contributed by atoms with van der Waals surface area (Å²) >= 11 is 0. The Bertz CT molecular complexity index is 390. The maximum absolute atomic E-state index is 10.3. The molecule has 0 saturated carbocycles. The number of likely N-dealkylation sites (tertiary alicyclic amines) is 1. The van der Waals surface area contributed by atoms with Crippen LogP contribution in [0.15, 0.2) is 24.3 Å². The third-order valence-corrected chi connectivity index (χ3v) is 4.17. The van der Waals surface area contributed by atoms with E-state index in [4.69, 9.17) is 4.74 Å². The van der Waals surface area contributed by atoms with Gasteiger partial charge in [0.05, 0.1) is 12.2 Å². The molecule has 106 valence electrons. The van der Waals surface area contributed by atoms with Crippen molar-refractivity contribution in [3.8, 4) is 0 Å². The molecule has 3 unspecified atom stereocenters. The molecule has 1 saturated heterocycles. The molecule has 0 radical (unpaired) electrons. The number of ether oxygens (including phenoxy) is 1. The highest BCUT2D eigenvalue weighted by atomic mass is 16.5. The number of benzene rings is 1. The van der Waals surface area contributed by atoms with Gasteiger partial charge in [-0.2, -0.15) is 0 Å². The highest BCUT2D eigenvalue weighted by molar-refractivity contribution is 5.23. The second-order valence-corrected chi connectivity index (χ2v) is 5.73. The Morgan fingerprint density at radius 1 is 1.37 bits per heavy atom. The summed E-state index contributed by atoms with van der Waals surface area (Å²) in [5.74, 6) is 0.609. The molecule has 1 fully saturated rings. The van der Waals surface area contributed by atoms with Crippen molar-refractivity contribution in [1.29, 1.82) is 0 Å². The molecule has 3 heteroatoms. The van der Waals surface area contributed by atoms with Gasteiger partial charge in [-0.1, -0.05) is 36.8 Å². The van der Waals surface area contributed by atoms with Gasteiger partial charge in [0.2, 0.25) is 0 Å². The first-order valence-corrected chi connectivity index (χ1v) is 7.10. The molecule has 0 aromatic heterocycles. The first-order chi connectivity index (χ1) is 9.10. The maximum atomic E-state index is 10.3. The van der Waals surface area contributed by atoms with Gasteiger partial charge in [0.1, 0.15) is 0 Å². The second-order valence-electron chi connectivity index (χ2n) is 5.73. The van der Waals surface area contributed by atoms with E-state index in [2.05, 4.69) is 30.9 Å². The van der Waals surface area contributed by atoms with Crippen LogP contribution in [0, 0.1) is 12.8 Å². The lowest BCUT2D eigenvalue weighted by Crippen LogP contribution is -2.45. The highest BCUT2D eigenvalue weighted by Crippen LogP contribution is 2.22. The lowest BCUT2D eigenvalue weighted by atomic mass is 9.95. The summed E-state index contributed by atoms with van der Waals surface area (Å²) < 4.78 is 5.51. The average molecular weight is 263 g/mol. The highest BCUT2D eigenvalue weighted by Gasteiger charge is 2.27. The van der Waals surface area contributed by atoms with Crippen LogP contribution in [-0.2, 0) is 4.74 Å². The minimum absolute atomic E-state index is 0.291. The van der Waals surface area contributed by atoms with Gasteiger partial charge >= 0.3 is 0 Å². The van der Waals surface area contributed by atoms with Crippen LogP contribution in [0.5, 0.6) is 0 Å². The summed E-state index contributed by atoms with van der Waals surface area (Å²) in [6, 6.07) is 8.13. The van der Waals surface area contributed by atoms with E-state index in [1.807, 2.05) is 12.1 Å². The predicted molar refractivity (Wildman–Crippen MR) is 77.2 cm³/mol. The average Bonchev–Trinajstić information content (AvgIpc) is 2.41. The van der Waals surface area contributed by atoms with Gasteiger partial charge in [0, 0.05) is 20.2 Å². The van der Waals surface area contributed by atoms with Gasteiger partial charge in [-0.3, -0.25) is 4.90 Å². The number of methoxy groups -OCH3 is 1. The summed E-state index contributed by atoms with van der Waals surface area (Å²) in [6.07, 6.45) is 1.02. The quantitative estimate of drug-likeness (QED) is 0.905. The van der Waals surface area contributed by atoms with Crippen molar-refractivity contribution in [2.45, 2.75) is 32.5 Å². The minimum Gasteiger partial charge on any atom is -0.387 e. The van der Waals surface area contributed by atoms with Crippen LogP contribution in [0.25, 0.3) is 0 Å². The molecule has 2 rings (SSSR count). The van der Waals surface area contributed by atoms with Gasteiger partial charge in [-0.05, 0) is 31.4 Å². The third kappa shape index (κ3) is 3.78. The molecule has 0 amide bonds. The molecule has 1 aliphatic heterocycles. The van der Waals surface area contributed by atoms with Crippen molar-refractivity contribution in [2.75, 3.05) is 26.7 Å². The van der Waals surface area contributed by atoms with E-state index < -0.39 is 6.10 Å². The summed E-state index contributed by atoms with van der Waals surface area (Å²) in [4.78, 5) is 2.30. The molecule has 0 aliphatic carbocycles. The number of aliphatic hydroxyl groups is 1. The molecule has 1 N–H and O–H groups in total.